The van der Waals surface area contributed by atoms with Crippen molar-refractivity contribution in [3.05, 3.63) is 64.9 Å². The van der Waals surface area contributed by atoms with Gasteiger partial charge in [-0.25, -0.2) is 13.2 Å². The first-order chi connectivity index (χ1) is 16.1. The minimum atomic E-state index is -4.54. The zero-order valence-corrected chi connectivity index (χ0v) is 19.7. The highest BCUT2D eigenvalue weighted by molar-refractivity contribution is 7.91. The highest BCUT2D eigenvalue weighted by Gasteiger charge is 2.30. The van der Waals surface area contributed by atoms with E-state index >= 15 is 0 Å². The number of hydrogen-bond acceptors (Lipinski definition) is 4. The third kappa shape index (κ3) is 5.79. The Balaban J connectivity index is 1.57. The minimum Gasteiger partial charge on any atom is -0.308 e. The first-order valence-electron chi connectivity index (χ1n) is 10.8. The van der Waals surface area contributed by atoms with E-state index in [1.807, 2.05) is 16.8 Å². The second kappa shape index (κ2) is 9.79. The molecule has 0 radical (unpaired) electrons. The van der Waals surface area contributed by atoms with Gasteiger partial charge < -0.3 is 10.6 Å². The summed E-state index contributed by atoms with van der Waals surface area (Å²) in [6, 6.07) is 9.92. The van der Waals surface area contributed by atoms with E-state index in [-0.39, 0.29) is 22.0 Å². The van der Waals surface area contributed by atoms with Crippen molar-refractivity contribution >= 4 is 38.6 Å². The molecule has 2 aromatic carbocycles. The average molecular weight is 509 g/mol. The molecule has 1 saturated carbocycles. The van der Waals surface area contributed by atoms with Crippen LogP contribution < -0.4 is 10.6 Å². The zero-order chi connectivity index (χ0) is 24.3. The molecule has 0 atom stereocenters. The van der Waals surface area contributed by atoms with Crippen LogP contribution in [-0.4, -0.2) is 20.2 Å². The van der Waals surface area contributed by atoms with Crippen LogP contribution in [0.3, 0.4) is 0 Å². The molecule has 0 saturated heterocycles. The first-order valence-corrected chi connectivity index (χ1v) is 13.4. The Morgan fingerprint density at radius 2 is 1.85 bits per heavy atom. The van der Waals surface area contributed by atoms with E-state index in [4.69, 9.17) is 0 Å². The van der Waals surface area contributed by atoms with Gasteiger partial charge in [0.25, 0.3) is 0 Å². The van der Waals surface area contributed by atoms with Gasteiger partial charge in [-0.3, -0.25) is 0 Å². The third-order valence-corrected chi connectivity index (χ3v) is 8.33. The predicted octanol–water partition coefficient (Wildman–Crippen LogP) is 7.04. The number of carbonyl (C=O) groups is 1. The van der Waals surface area contributed by atoms with Crippen LogP contribution in [0, 0.1) is 5.92 Å². The molecule has 0 aliphatic heterocycles. The highest BCUT2D eigenvalue weighted by Crippen LogP contribution is 2.35. The largest absolute Gasteiger partial charge is 0.416 e. The van der Waals surface area contributed by atoms with Crippen LogP contribution in [0.4, 0.5) is 29.3 Å². The summed E-state index contributed by atoms with van der Waals surface area (Å²) in [5.41, 5.74) is 0.737. The quantitative estimate of drug-likeness (QED) is 0.359. The molecule has 1 heterocycles. The average Bonchev–Trinajstić information content (AvgIpc) is 3.26. The van der Waals surface area contributed by atoms with Crippen LogP contribution in [0.2, 0.25) is 0 Å². The van der Waals surface area contributed by atoms with Crippen LogP contribution in [0.15, 0.2) is 64.2 Å². The van der Waals surface area contributed by atoms with Crippen LogP contribution in [0.1, 0.15) is 31.2 Å². The summed E-state index contributed by atoms with van der Waals surface area (Å²) in [5.74, 6) is 0.474. The summed E-state index contributed by atoms with van der Waals surface area (Å²) in [4.78, 5) is 12.7. The molecule has 4 rings (SSSR count). The number of urea groups is 1. The summed E-state index contributed by atoms with van der Waals surface area (Å²) in [5, 5.41) is 8.72. The summed E-state index contributed by atoms with van der Waals surface area (Å²) >= 11 is 1.45. The second-order valence-corrected chi connectivity index (χ2v) is 11.2. The second-order valence-electron chi connectivity index (χ2n) is 8.28. The number of hydrogen-bond donors (Lipinski definition) is 2. The SMILES string of the molecule is O=C(Nc1cccc(C(F)(F)F)c1)Nc1cc(S(=O)(=O)CCC2CCC2)ccc1-c1ccsc1. The Labute approximate surface area is 199 Å². The fourth-order valence-electron chi connectivity index (χ4n) is 3.77. The fourth-order valence-corrected chi connectivity index (χ4v) is 5.88. The first kappa shape index (κ1) is 24.3. The Bertz CT molecular complexity index is 1270. The standard InChI is InChI=1S/C24H23F3N2O3S2/c25-24(26,27)18-5-2-6-19(13-18)28-23(30)29-22-14-20(7-8-21(22)17-9-11-33-15-17)34(31,32)12-10-16-3-1-4-16/h2,5-9,11,13-16H,1,3-4,10,12H2,(H2,28,29,30). The minimum absolute atomic E-state index is 0.0331. The maximum atomic E-state index is 13.0. The fraction of sp³-hybridized carbons (Fsp3) is 0.292. The number of benzene rings is 2. The molecule has 1 fully saturated rings. The Morgan fingerprint density at radius 1 is 1.06 bits per heavy atom. The van der Waals surface area contributed by atoms with Crippen molar-refractivity contribution in [1.29, 1.82) is 0 Å². The number of thiophene rings is 1. The van der Waals surface area contributed by atoms with E-state index in [0.29, 0.717) is 17.9 Å². The molecular formula is C24H23F3N2O3S2. The molecule has 2 N–H and O–H groups in total. The van der Waals surface area contributed by atoms with E-state index in [9.17, 15) is 26.4 Å². The Morgan fingerprint density at radius 3 is 2.50 bits per heavy atom. The number of rotatable bonds is 7. The molecular weight excluding hydrogens is 485 g/mol. The number of amides is 2. The van der Waals surface area contributed by atoms with Crippen LogP contribution >= 0.6 is 11.3 Å². The van der Waals surface area contributed by atoms with E-state index in [1.54, 1.807) is 6.07 Å². The van der Waals surface area contributed by atoms with Gasteiger partial charge in [-0.05, 0) is 65.1 Å². The number of anilines is 2. The number of halogens is 3. The highest BCUT2D eigenvalue weighted by atomic mass is 32.2. The molecule has 1 aliphatic rings. The Kier molecular flexibility index (Phi) is 6.99. The number of carbonyl (C=O) groups excluding carboxylic acids is 1. The topological polar surface area (TPSA) is 75.3 Å². The molecule has 180 valence electrons. The maximum Gasteiger partial charge on any atom is 0.416 e. The van der Waals surface area contributed by atoms with Crippen LogP contribution in [-0.2, 0) is 16.0 Å². The molecule has 0 spiro atoms. The lowest BCUT2D eigenvalue weighted by Gasteiger charge is -2.25. The van der Waals surface area contributed by atoms with Crippen molar-refractivity contribution in [1.82, 2.24) is 0 Å². The van der Waals surface area contributed by atoms with Crippen LogP contribution in [0.5, 0.6) is 0 Å². The zero-order valence-electron chi connectivity index (χ0n) is 18.1. The molecule has 10 heteroatoms. The predicted molar refractivity (Wildman–Crippen MR) is 128 cm³/mol. The van der Waals surface area contributed by atoms with Gasteiger partial charge in [-0.15, -0.1) is 0 Å². The maximum absolute atomic E-state index is 13.0. The molecule has 34 heavy (non-hydrogen) atoms. The van der Waals surface area contributed by atoms with Crippen molar-refractivity contribution in [2.24, 2.45) is 5.92 Å². The smallest absolute Gasteiger partial charge is 0.308 e. The van der Waals surface area contributed by atoms with Crippen molar-refractivity contribution in [2.45, 2.75) is 36.8 Å². The summed E-state index contributed by atoms with van der Waals surface area (Å²) in [6.07, 6.45) is -0.699. The number of nitrogens with one attached hydrogen (secondary N) is 2. The lowest BCUT2D eigenvalue weighted by atomic mass is 9.84. The molecule has 3 aromatic rings. The molecule has 0 unspecified atom stereocenters. The van der Waals surface area contributed by atoms with E-state index in [1.165, 1.54) is 35.6 Å². The van der Waals surface area contributed by atoms with Gasteiger partial charge >= 0.3 is 12.2 Å². The lowest BCUT2D eigenvalue weighted by Crippen LogP contribution is -2.21. The number of alkyl halides is 3. The van der Waals surface area contributed by atoms with Crippen molar-refractivity contribution in [3.8, 4) is 11.1 Å². The van der Waals surface area contributed by atoms with Crippen molar-refractivity contribution < 1.29 is 26.4 Å². The molecule has 0 bridgehead atoms. The van der Waals surface area contributed by atoms with E-state index in [2.05, 4.69) is 10.6 Å². The van der Waals surface area contributed by atoms with Gasteiger partial charge in [0.1, 0.15) is 0 Å². The van der Waals surface area contributed by atoms with Gasteiger partial charge in [-0.2, -0.15) is 24.5 Å². The summed E-state index contributed by atoms with van der Waals surface area (Å²) < 4.78 is 64.7. The van der Waals surface area contributed by atoms with Gasteiger partial charge in [-0.1, -0.05) is 31.4 Å². The Hall–Kier alpha value is -2.85. The molecule has 1 aromatic heterocycles. The molecule has 5 nitrogen and oxygen atoms in total. The van der Waals surface area contributed by atoms with Gasteiger partial charge in [0, 0.05) is 11.3 Å². The van der Waals surface area contributed by atoms with E-state index in [0.717, 1.165) is 37.0 Å². The summed E-state index contributed by atoms with van der Waals surface area (Å²) in [6.45, 7) is 0. The van der Waals surface area contributed by atoms with Crippen molar-refractivity contribution in [3.63, 3.8) is 0 Å². The van der Waals surface area contributed by atoms with E-state index < -0.39 is 27.6 Å². The third-order valence-electron chi connectivity index (χ3n) is 5.90. The van der Waals surface area contributed by atoms with Crippen LogP contribution in [0.25, 0.3) is 11.1 Å². The monoisotopic (exact) mass is 508 g/mol. The lowest BCUT2D eigenvalue weighted by molar-refractivity contribution is -0.137. The summed E-state index contributed by atoms with van der Waals surface area (Å²) in [7, 11) is -3.55. The normalized spacial score (nSPS) is 14.4. The van der Waals surface area contributed by atoms with Gasteiger partial charge in [0.05, 0.1) is 21.9 Å². The van der Waals surface area contributed by atoms with Gasteiger partial charge in [0.15, 0.2) is 9.84 Å². The number of sulfone groups is 1. The van der Waals surface area contributed by atoms with Crippen molar-refractivity contribution in [2.75, 3.05) is 16.4 Å². The molecule has 1 aliphatic carbocycles. The van der Waals surface area contributed by atoms with Gasteiger partial charge in [0.2, 0.25) is 0 Å². The molecule has 2 amide bonds.